The van der Waals surface area contributed by atoms with Crippen molar-refractivity contribution in [3.63, 3.8) is 0 Å². The number of imidazole rings is 1. The lowest BCUT2D eigenvalue weighted by molar-refractivity contribution is 1.06. The largest absolute Gasteiger partial charge is 0.384 e. The van der Waals surface area contributed by atoms with Gasteiger partial charge in [-0.25, -0.2) is 4.98 Å². The molecule has 3 aromatic rings. The zero-order valence-electron chi connectivity index (χ0n) is 9.04. The van der Waals surface area contributed by atoms with Gasteiger partial charge >= 0.3 is 0 Å². The van der Waals surface area contributed by atoms with E-state index in [2.05, 4.69) is 15.2 Å². The Hall–Kier alpha value is -2.56. The number of aromatic nitrogens is 4. The van der Waals surface area contributed by atoms with E-state index in [4.69, 9.17) is 5.73 Å². The Morgan fingerprint density at radius 3 is 2.59 bits per heavy atom. The molecule has 5 nitrogen and oxygen atoms in total. The van der Waals surface area contributed by atoms with Gasteiger partial charge in [0.25, 0.3) is 0 Å². The molecular weight excluding hydrogens is 214 g/mol. The fourth-order valence-corrected chi connectivity index (χ4v) is 1.75. The minimum atomic E-state index is 0.584. The predicted octanol–water partition coefficient (Wildman–Crippen LogP) is 1.84. The highest BCUT2D eigenvalue weighted by Crippen LogP contribution is 2.24. The van der Waals surface area contributed by atoms with Gasteiger partial charge in [-0.1, -0.05) is 12.1 Å². The summed E-state index contributed by atoms with van der Waals surface area (Å²) in [6.45, 7) is 0. The molecule has 0 amide bonds. The molecule has 0 aliphatic rings. The molecule has 0 unspecified atom stereocenters. The molecule has 2 aromatic heterocycles. The standard InChI is InChI=1S/C12H11N5/c13-12-11(7-15-16-12)9-1-3-10(4-2-9)17-6-5-14-8-17/h1-8H,(H3,13,15,16). The molecule has 17 heavy (non-hydrogen) atoms. The number of aromatic amines is 1. The fraction of sp³-hybridized carbons (Fsp3) is 0. The monoisotopic (exact) mass is 225 g/mol. The van der Waals surface area contributed by atoms with E-state index in [1.54, 1.807) is 18.7 Å². The lowest BCUT2D eigenvalue weighted by Crippen LogP contribution is -1.90. The summed E-state index contributed by atoms with van der Waals surface area (Å²) in [5.41, 5.74) is 8.80. The van der Waals surface area contributed by atoms with Gasteiger partial charge in [-0.2, -0.15) is 5.10 Å². The van der Waals surface area contributed by atoms with Crippen LogP contribution in [0.25, 0.3) is 16.8 Å². The fourth-order valence-electron chi connectivity index (χ4n) is 1.75. The first-order valence-electron chi connectivity index (χ1n) is 5.22. The third-order valence-electron chi connectivity index (χ3n) is 2.65. The van der Waals surface area contributed by atoms with Crippen LogP contribution in [0.3, 0.4) is 0 Å². The number of benzene rings is 1. The van der Waals surface area contributed by atoms with Crippen molar-refractivity contribution in [3.05, 3.63) is 49.2 Å². The SMILES string of the molecule is Nc1[nH]ncc1-c1ccc(-n2ccnc2)cc1. The maximum absolute atomic E-state index is 5.77. The third kappa shape index (κ3) is 1.67. The first kappa shape index (κ1) is 9.65. The smallest absolute Gasteiger partial charge is 0.126 e. The highest BCUT2D eigenvalue weighted by molar-refractivity contribution is 5.73. The zero-order valence-corrected chi connectivity index (χ0v) is 9.04. The van der Waals surface area contributed by atoms with E-state index in [1.165, 1.54) is 0 Å². The van der Waals surface area contributed by atoms with E-state index < -0.39 is 0 Å². The number of H-pyrrole nitrogens is 1. The minimum absolute atomic E-state index is 0.584. The Morgan fingerprint density at radius 2 is 2.00 bits per heavy atom. The van der Waals surface area contributed by atoms with Crippen molar-refractivity contribution in [2.45, 2.75) is 0 Å². The van der Waals surface area contributed by atoms with Crippen LogP contribution in [0.2, 0.25) is 0 Å². The summed E-state index contributed by atoms with van der Waals surface area (Å²) >= 11 is 0. The van der Waals surface area contributed by atoms with Crippen molar-refractivity contribution >= 4 is 5.82 Å². The number of hydrogen-bond acceptors (Lipinski definition) is 3. The quantitative estimate of drug-likeness (QED) is 0.699. The normalized spacial score (nSPS) is 10.6. The summed E-state index contributed by atoms with van der Waals surface area (Å²) in [6, 6.07) is 8.06. The molecule has 0 radical (unpaired) electrons. The molecule has 0 saturated heterocycles. The highest BCUT2D eigenvalue weighted by Gasteiger charge is 2.04. The zero-order chi connectivity index (χ0) is 11.7. The number of hydrogen-bond donors (Lipinski definition) is 2. The average Bonchev–Trinajstić information content (AvgIpc) is 3.00. The molecular formula is C12H11N5. The predicted molar refractivity (Wildman–Crippen MR) is 65.6 cm³/mol. The summed E-state index contributed by atoms with van der Waals surface area (Å²) in [6.07, 6.45) is 7.14. The molecule has 0 aliphatic heterocycles. The molecule has 0 bridgehead atoms. The van der Waals surface area contributed by atoms with Crippen molar-refractivity contribution < 1.29 is 0 Å². The van der Waals surface area contributed by atoms with E-state index in [9.17, 15) is 0 Å². The molecule has 84 valence electrons. The van der Waals surface area contributed by atoms with Crippen LogP contribution in [0, 0.1) is 0 Å². The summed E-state index contributed by atoms with van der Waals surface area (Å²) in [4.78, 5) is 4.01. The minimum Gasteiger partial charge on any atom is -0.384 e. The van der Waals surface area contributed by atoms with Crippen molar-refractivity contribution in [2.24, 2.45) is 0 Å². The molecule has 0 fully saturated rings. The molecule has 3 rings (SSSR count). The van der Waals surface area contributed by atoms with Crippen LogP contribution in [0.1, 0.15) is 0 Å². The Bertz CT molecular complexity index is 607. The summed E-state index contributed by atoms with van der Waals surface area (Å²) < 4.78 is 1.95. The van der Waals surface area contributed by atoms with Gasteiger partial charge in [0.05, 0.1) is 12.5 Å². The first-order valence-corrected chi connectivity index (χ1v) is 5.22. The number of nitrogens with zero attached hydrogens (tertiary/aromatic N) is 3. The lowest BCUT2D eigenvalue weighted by Gasteiger charge is -2.03. The van der Waals surface area contributed by atoms with E-state index in [-0.39, 0.29) is 0 Å². The Morgan fingerprint density at radius 1 is 1.18 bits per heavy atom. The second-order valence-electron chi connectivity index (χ2n) is 3.71. The van der Waals surface area contributed by atoms with Crippen LogP contribution in [0.15, 0.2) is 49.2 Å². The average molecular weight is 225 g/mol. The summed E-state index contributed by atoms with van der Waals surface area (Å²) in [7, 11) is 0. The van der Waals surface area contributed by atoms with Crippen molar-refractivity contribution in [3.8, 4) is 16.8 Å². The Balaban J connectivity index is 1.99. The maximum atomic E-state index is 5.77. The van der Waals surface area contributed by atoms with Gasteiger partial charge in [0.1, 0.15) is 5.82 Å². The van der Waals surface area contributed by atoms with Gasteiger partial charge in [0.15, 0.2) is 0 Å². The van der Waals surface area contributed by atoms with Crippen LogP contribution in [-0.4, -0.2) is 19.7 Å². The van der Waals surface area contributed by atoms with E-state index in [0.717, 1.165) is 16.8 Å². The lowest BCUT2D eigenvalue weighted by atomic mass is 10.1. The van der Waals surface area contributed by atoms with Gasteiger partial charge < -0.3 is 10.3 Å². The molecule has 2 heterocycles. The van der Waals surface area contributed by atoms with Crippen LogP contribution in [0.5, 0.6) is 0 Å². The summed E-state index contributed by atoms with van der Waals surface area (Å²) in [5.74, 6) is 0.584. The van der Waals surface area contributed by atoms with Gasteiger partial charge in [0, 0.05) is 23.6 Å². The molecule has 3 N–H and O–H groups in total. The number of nitrogen functional groups attached to an aromatic ring is 1. The molecule has 0 aliphatic carbocycles. The van der Waals surface area contributed by atoms with E-state index >= 15 is 0 Å². The Labute approximate surface area is 97.9 Å². The molecule has 0 saturated carbocycles. The maximum Gasteiger partial charge on any atom is 0.126 e. The van der Waals surface area contributed by atoms with Crippen molar-refractivity contribution in [1.82, 2.24) is 19.7 Å². The van der Waals surface area contributed by atoms with Crippen LogP contribution in [0.4, 0.5) is 5.82 Å². The second-order valence-corrected chi connectivity index (χ2v) is 3.71. The molecule has 0 spiro atoms. The highest BCUT2D eigenvalue weighted by atomic mass is 15.1. The first-order chi connectivity index (χ1) is 8.34. The van der Waals surface area contributed by atoms with Gasteiger partial charge in [-0.05, 0) is 17.7 Å². The van der Waals surface area contributed by atoms with Crippen LogP contribution in [-0.2, 0) is 0 Å². The van der Waals surface area contributed by atoms with Crippen LogP contribution >= 0.6 is 0 Å². The van der Waals surface area contributed by atoms with E-state index in [1.807, 2.05) is 35.0 Å². The van der Waals surface area contributed by atoms with Gasteiger partial charge in [-0.15, -0.1) is 0 Å². The number of anilines is 1. The molecule has 0 atom stereocenters. The van der Waals surface area contributed by atoms with Crippen molar-refractivity contribution in [2.75, 3.05) is 5.73 Å². The topological polar surface area (TPSA) is 72.5 Å². The Kier molecular flexibility index (Phi) is 2.15. The number of nitrogens with two attached hydrogens (primary N) is 1. The van der Waals surface area contributed by atoms with Gasteiger partial charge in [-0.3, -0.25) is 5.10 Å². The second kappa shape index (κ2) is 3.79. The molecule has 5 heteroatoms. The summed E-state index contributed by atoms with van der Waals surface area (Å²) in [5, 5.41) is 6.63. The van der Waals surface area contributed by atoms with Crippen LogP contribution < -0.4 is 5.73 Å². The number of rotatable bonds is 2. The van der Waals surface area contributed by atoms with E-state index in [0.29, 0.717) is 5.82 Å². The third-order valence-corrected chi connectivity index (χ3v) is 2.65. The van der Waals surface area contributed by atoms with Gasteiger partial charge in [0.2, 0.25) is 0 Å². The number of nitrogens with one attached hydrogen (secondary N) is 1. The van der Waals surface area contributed by atoms with Crippen molar-refractivity contribution in [1.29, 1.82) is 0 Å². The molecule has 1 aromatic carbocycles.